The van der Waals surface area contributed by atoms with Crippen molar-refractivity contribution in [3.63, 3.8) is 0 Å². The van der Waals surface area contributed by atoms with Gasteiger partial charge in [-0.1, -0.05) is 11.6 Å². The Morgan fingerprint density at radius 1 is 1.25 bits per heavy atom. The van der Waals surface area contributed by atoms with Crippen LogP contribution in [0.25, 0.3) is 5.69 Å². The van der Waals surface area contributed by atoms with Crippen molar-refractivity contribution < 1.29 is 9.18 Å². The first-order valence-electron chi connectivity index (χ1n) is 7.09. The van der Waals surface area contributed by atoms with E-state index >= 15 is 0 Å². The van der Waals surface area contributed by atoms with Crippen LogP contribution in [0.1, 0.15) is 0 Å². The van der Waals surface area contributed by atoms with Gasteiger partial charge in [-0.15, -0.1) is 11.8 Å². The highest BCUT2D eigenvalue weighted by Gasteiger charge is 2.10. The molecule has 0 aliphatic carbocycles. The van der Waals surface area contributed by atoms with Crippen LogP contribution < -0.4 is 5.32 Å². The summed E-state index contributed by atoms with van der Waals surface area (Å²) < 4.78 is 14.5. The van der Waals surface area contributed by atoms with Crippen LogP contribution in [0.4, 0.5) is 10.1 Å². The van der Waals surface area contributed by atoms with Gasteiger partial charge in [0, 0.05) is 22.3 Å². The molecular formula is C17H13ClFN3OS. The van der Waals surface area contributed by atoms with Gasteiger partial charge in [0.05, 0.1) is 17.1 Å². The van der Waals surface area contributed by atoms with Gasteiger partial charge in [-0.2, -0.15) is 5.10 Å². The van der Waals surface area contributed by atoms with E-state index in [9.17, 15) is 9.18 Å². The fourth-order valence-electron chi connectivity index (χ4n) is 2.09. The van der Waals surface area contributed by atoms with Crippen molar-refractivity contribution in [2.24, 2.45) is 0 Å². The lowest BCUT2D eigenvalue weighted by molar-refractivity contribution is -0.113. The third kappa shape index (κ3) is 4.15. The van der Waals surface area contributed by atoms with Gasteiger partial charge in [0.1, 0.15) is 5.82 Å². The van der Waals surface area contributed by atoms with Gasteiger partial charge in [-0.05, 0) is 48.5 Å². The van der Waals surface area contributed by atoms with Crippen LogP contribution in [0.15, 0.2) is 65.8 Å². The first-order chi connectivity index (χ1) is 11.6. The van der Waals surface area contributed by atoms with E-state index in [0.717, 1.165) is 10.6 Å². The molecule has 1 heterocycles. The minimum Gasteiger partial charge on any atom is -0.323 e. The molecule has 0 atom stereocenters. The second-order valence-corrected chi connectivity index (χ2v) is 6.39. The number of amides is 1. The Balaban J connectivity index is 1.70. The summed E-state index contributed by atoms with van der Waals surface area (Å²) in [5, 5.41) is 7.53. The van der Waals surface area contributed by atoms with Crippen molar-refractivity contribution in [3.05, 3.63) is 71.8 Å². The predicted octanol–water partition coefficient (Wildman–Crippen LogP) is 4.40. The molecule has 0 unspecified atom stereocenters. The zero-order valence-electron chi connectivity index (χ0n) is 12.4. The largest absolute Gasteiger partial charge is 0.323 e. The number of carbonyl (C=O) groups excluding carboxylic acids is 1. The van der Waals surface area contributed by atoms with Crippen molar-refractivity contribution in [1.82, 2.24) is 9.78 Å². The number of benzene rings is 2. The maximum absolute atomic E-state index is 12.9. The van der Waals surface area contributed by atoms with Crippen molar-refractivity contribution in [3.8, 4) is 5.69 Å². The molecule has 0 saturated heterocycles. The first-order valence-corrected chi connectivity index (χ1v) is 8.46. The molecule has 0 spiro atoms. The van der Waals surface area contributed by atoms with E-state index < -0.39 is 0 Å². The number of hydrogen-bond acceptors (Lipinski definition) is 3. The molecule has 0 radical (unpaired) electrons. The smallest absolute Gasteiger partial charge is 0.234 e. The number of rotatable bonds is 5. The maximum atomic E-state index is 12.9. The van der Waals surface area contributed by atoms with E-state index in [1.807, 2.05) is 0 Å². The molecule has 1 N–H and O–H groups in total. The number of nitrogens with zero attached hydrogens (tertiary/aromatic N) is 2. The Hall–Kier alpha value is -2.31. The van der Waals surface area contributed by atoms with E-state index in [2.05, 4.69) is 10.4 Å². The Labute approximate surface area is 147 Å². The number of aromatic nitrogens is 2. The highest BCUT2D eigenvalue weighted by atomic mass is 35.5. The van der Waals surface area contributed by atoms with Crippen molar-refractivity contribution in [2.75, 3.05) is 11.1 Å². The normalized spacial score (nSPS) is 10.6. The summed E-state index contributed by atoms with van der Waals surface area (Å²) in [6.45, 7) is 0. The number of nitrogens with one attached hydrogen (secondary N) is 1. The molecule has 24 heavy (non-hydrogen) atoms. The van der Waals surface area contributed by atoms with E-state index in [1.54, 1.807) is 53.5 Å². The lowest BCUT2D eigenvalue weighted by Crippen LogP contribution is -2.16. The minimum atomic E-state index is -0.299. The average molecular weight is 362 g/mol. The summed E-state index contributed by atoms with van der Waals surface area (Å²) in [7, 11) is 0. The van der Waals surface area contributed by atoms with E-state index in [1.165, 1.54) is 23.9 Å². The molecule has 0 bridgehead atoms. The second-order valence-electron chi connectivity index (χ2n) is 4.90. The molecule has 0 saturated carbocycles. The van der Waals surface area contributed by atoms with Crippen LogP contribution in [-0.2, 0) is 4.79 Å². The van der Waals surface area contributed by atoms with E-state index in [-0.39, 0.29) is 17.5 Å². The molecule has 0 aliphatic rings. The quantitative estimate of drug-likeness (QED) is 0.685. The Morgan fingerprint density at radius 3 is 2.75 bits per heavy atom. The topological polar surface area (TPSA) is 46.9 Å². The zero-order chi connectivity index (χ0) is 16.9. The maximum Gasteiger partial charge on any atom is 0.234 e. The van der Waals surface area contributed by atoms with Gasteiger partial charge in [-0.25, -0.2) is 9.07 Å². The highest BCUT2D eigenvalue weighted by molar-refractivity contribution is 8.00. The van der Waals surface area contributed by atoms with E-state index in [4.69, 9.17) is 11.6 Å². The third-order valence-electron chi connectivity index (χ3n) is 3.17. The number of anilines is 1. The van der Waals surface area contributed by atoms with E-state index in [0.29, 0.717) is 10.7 Å². The Morgan fingerprint density at radius 2 is 2.04 bits per heavy atom. The second kappa shape index (κ2) is 7.51. The molecule has 4 nitrogen and oxygen atoms in total. The summed E-state index contributed by atoms with van der Waals surface area (Å²) in [5.41, 5.74) is 1.31. The number of halogens is 2. The molecule has 0 fully saturated rings. The molecule has 2 aromatic carbocycles. The predicted molar refractivity (Wildman–Crippen MR) is 94.3 cm³/mol. The number of hydrogen-bond donors (Lipinski definition) is 1. The van der Waals surface area contributed by atoms with Crippen molar-refractivity contribution in [2.45, 2.75) is 4.90 Å². The van der Waals surface area contributed by atoms with Gasteiger partial charge >= 0.3 is 0 Å². The van der Waals surface area contributed by atoms with Crippen LogP contribution in [0, 0.1) is 5.82 Å². The SMILES string of the molecule is O=C(CSc1ccc(F)cc1)Nc1cc(Cl)ccc1-n1cccn1. The molecule has 0 aliphatic heterocycles. The van der Waals surface area contributed by atoms with Gasteiger partial charge in [0.2, 0.25) is 5.91 Å². The molecule has 7 heteroatoms. The molecular weight excluding hydrogens is 349 g/mol. The standard InChI is InChI=1S/C17H13ClFN3OS/c18-12-2-7-16(22-9-1-8-20-22)15(10-12)21-17(23)11-24-14-5-3-13(19)4-6-14/h1-10H,11H2,(H,21,23). The van der Waals surface area contributed by atoms with Gasteiger partial charge in [-0.3, -0.25) is 4.79 Å². The van der Waals surface area contributed by atoms with Crippen LogP contribution >= 0.6 is 23.4 Å². The number of carbonyl (C=O) groups is 1. The Kier molecular flexibility index (Phi) is 5.17. The average Bonchev–Trinajstić information content (AvgIpc) is 3.09. The van der Waals surface area contributed by atoms with Crippen molar-refractivity contribution >= 4 is 35.0 Å². The lowest BCUT2D eigenvalue weighted by atomic mass is 10.2. The third-order valence-corrected chi connectivity index (χ3v) is 4.41. The van der Waals surface area contributed by atoms with Crippen LogP contribution in [-0.4, -0.2) is 21.4 Å². The zero-order valence-corrected chi connectivity index (χ0v) is 14.0. The van der Waals surface area contributed by atoms with Gasteiger partial charge < -0.3 is 5.32 Å². The summed E-state index contributed by atoms with van der Waals surface area (Å²) >= 11 is 7.36. The summed E-state index contributed by atoms with van der Waals surface area (Å²) in [5.74, 6) is -0.275. The molecule has 122 valence electrons. The minimum absolute atomic E-state index is 0.181. The van der Waals surface area contributed by atoms with Crippen LogP contribution in [0.5, 0.6) is 0 Å². The lowest BCUT2D eigenvalue weighted by Gasteiger charge is -2.11. The number of thioether (sulfide) groups is 1. The monoisotopic (exact) mass is 361 g/mol. The highest BCUT2D eigenvalue weighted by Crippen LogP contribution is 2.25. The van der Waals surface area contributed by atoms with Crippen LogP contribution in [0.3, 0.4) is 0 Å². The molecule has 3 rings (SSSR count). The summed E-state index contributed by atoms with van der Waals surface area (Å²) in [6, 6.07) is 13.0. The fraction of sp³-hybridized carbons (Fsp3) is 0.0588. The Bertz CT molecular complexity index is 838. The first kappa shape index (κ1) is 16.5. The van der Waals surface area contributed by atoms with Crippen molar-refractivity contribution in [1.29, 1.82) is 0 Å². The summed E-state index contributed by atoms with van der Waals surface area (Å²) in [6.07, 6.45) is 3.44. The molecule has 3 aromatic rings. The fourth-order valence-corrected chi connectivity index (χ4v) is 2.96. The van der Waals surface area contributed by atoms with Crippen LogP contribution in [0.2, 0.25) is 5.02 Å². The molecule has 1 amide bonds. The van der Waals surface area contributed by atoms with Gasteiger partial charge in [0.25, 0.3) is 0 Å². The van der Waals surface area contributed by atoms with Gasteiger partial charge in [0.15, 0.2) is 0 Å². The molecule has 1 aromatic heterocycles. The summed E-state index contributed by atoms with van der Waals surface area (Å²) in [4.78, 5) is 13.0.